The van der Waals surface area contributed by atoms with Gasteiger partial charge in [0.15, 0.2) is 0 Å². The molecule has 2 heteroatoms. The van der Waals surface area contributed by atoms with Gasteiger partial charge < -0.3 is 9.32 Å². The molecular weight excluding hydrogens is 534 g/mol. The monoisotopic (exact) mass is 563 g/mol. The molecule has 8 rings (SSSR count). The Labute approximate surface area is 257 Å². The van der Waals surface area contributed by atoms with E-state index >= 15 is 0 Å². The van der Waals surface area contributed by atoms with Crippen LogP contribution in [0.15, 0.2) is 180 Å². The fourth-order valence-electron chi connectivity index (χ4n) is 6.12. The van der Waals surface area contributed by atoms with Gasteiger partial charge in [-0.25, -0.2) is 0 Å². The Morgan fingerprint density at radius 3 is 1.82 bits per heavy atom. The van der Waals surface area contributed by atoms with E-state index in [0.717, 1.165) is 56.0 Å². The van der Waals surface area contributed by atoms with Crippen LogP contribution in [-0.4, -0.2) is 0 Å². The molecule has 208 valence electrons. The molecule has 0 aliphatic carbocycles. The Kier molecular flexibility index (Phi) is 6.51. The lowest BCUT2D eigenvalue weighted by Gasteiger charge is -2.27. The van der Waals surface area contributed by atoms with Crippen LogP contribution in [0.2, 0.25) is 0 Å². The number of hydrogen-bond acceptors (Lipinski definition) is 2. The molecule has 0 saturated heterocycles. The van der Waals surface area contributed by atoms with Crippen molar-refractivity contribution in [3.63, 3.8) is 0 Å². The fourth-order valence-corrected chi connectivity index (χ4v) is 6.12. The Hall–Kier alpha value is -5.86. The van der Waals surface area contributed by atoms with Gasteiger partial charge in [0.2, 0.25) is 0 Å². The van der Waals surface area contributed by atoms with Crippen molar-refractivity contribution in [3.05, 3.63) is 176 Å². The van der Waals surface area contributed by atoms with Crippen molar-refractivity contribution in [2.75, 3.05) is 4.90 Å². The molecule has 44 heavy (non-hydrogen) atoms. The van der Waals surface area contributed by atoms with Crippen LogP contribution in [0.5, 0.6) is 0 Å². The minimum Gasteiger partial charge on any atom is -0.456 e. The molecule has 0 fully saturated rings. The smallest absolute Gasteiger partial charge is 0.136 e. The van der Waals surface area contributed by atoms with Gasteiger partial charge in [0.1, 0.15) is 11.3 Å². The molecule has 0 bridgehead atoms. The van der Waals surface area contributed by atoms with Crippen LogP contribution in [0.4, 0.5) is 17.1 Å². The fraction of sp³-hybridized carbons (Fsp3) is 0. The predicted molar refractivity (Wildman–Crippen MR) is 185 cm³/mol. The van der Waals surface area contributed by atoms with Gasteiger partial charge >= 0.3 is 0 Å². The number of rotatable bonds is 6. The zero-order valence-corrected chi connectivity index (χ0v) is 24.1. The molecule has 1 heterocycles. The first kappa shape index (κ1) is 25.8. The third-order valence-electron chi connectivity index (χ3n) is 8.28. The standard InChI is InChI=1S/C42H29NO/c1-3-12-31(13-4-1)37-27-24-33(28-39(37)42-29-34-15-8-10-21-41(34)44-42)30-22-25-36(26-23-30)43(35-17-5-2-6-18-35)40-20-11-16-32-14-7-9-19-38(32)40/h1-29H. The van der Waals surface area contributed by atoms with Crippen molar-refractivity contribution in [2.24, 2.45) is 0 Å². The highest BCUT2D eigenvalue weighted by molar-refractivity contribution is 5.99. The number of fused-ring (bicyclic) bond motifs is 2. The SMILES string of the molecule is c1ccc(-c2ccc(-c3ccc(N(c4ccccc4)c4cccc5ccccc45)cc3)cc2-c2cc3ccccc3o2)cc1. The third kappa shape index (κ3) is 4.73. The summed E-state index contributed by atoms with van der Waals surface area (Å²) in [5.41, 5.74) is 9.96. The average Bonchev–Trinajstić information content (AvgIpc) is 3.54. The molecule has 0 amide bonds. The highest BCUT2D eigenvalue weighted by Gasteiger charge is 2.17. The lowest BCUT2D eigenvalue weighted by molar-refractivity contribution is 0.632. The van der Waals surface area contributed by atoms with Gasteiger partial charge in [-0.2, -0.15) is 0 Å². The van der Waals surface area contributed by atoms with Crippen LogP contribution in [-0.2, 0) is 0 Å². The molecule has 0 N–H and O–H groups in total. The average molecular weight is 564 g/mol. The maximum absolute atomic E-state index is 6.38. The molecule has 2 nitrogen and oxygen atoms in total. The van der Waals surface area contributed by atoms with Gasteiger partial charge in [0.25, 0.3) is 0 Å². The number of furan rings is 1. The van der Waals surface area contributed by atoms with Gasteiger partial charge in [-0.1, -0.05) is 127 Å². The summed E-state index contributed by atoms with van der Waals surface area (Å²) in [5.74, 6) is 0.870. The zero-order chi connectivity index (χ0) is 29.3. The Morgan fingerprint density at radius 1 is 0.386 bits per heavy atom. The second-order valence-electron chi connectivity index (χ2n) is 11.0. The largest absolute Gasteiger partial charge is 0.456 e. The summed E-state index contributed by atoms with van der Waals surface area (Å²) in [6, 6.07) is 62.1. The maximum atomic E-state index is 6.38. The molecule has 8 aromatic rings. The normalized spacial score (nSPS) is 11.2. The molecule has 0 aliphatic heterocycles. The van der Waals surface area contributed by atoms with Gasteiger partial charge in [0, 0.05) is 27.7 Å². The first-order valence-electron chi connectivity index (χ1n) is 14.9. The second-order valence-corrected chi connectivity index (χ2v) is 11.0. The lowest BCUT2D eigenvalue weighted by atomic mass is 9.93. The minimum absolute atomic E-state index is 0.870. The lowest BCUT2D eigenvalue weighted by Crippen LogP contribution is -2.10. The predicted octanol–water partition coefficient (Wildman–Crippen LogP) is 12.1. The Balaban J connectivity index is 1.23. The summed E-state index contributed by atoms with van der Waals surface area (Å²) >= 11 is 0. The first-order chi connectivity index (χ1) is 21.8. The Bertz CT molecular complexity index is 2180. The molecule has 0 spiro atoms. The summed E-state index contributed by atoms with van der Waals surface area (Å²) < 4.78 is 6.38. The minimum atomic E-state index is 0.870. The van der Waals surface area contributed by atoms with Crippen molar-refractivity contribution >= 4 is 38.8 Å². The first-order valence-corrected chi connectivity index (χ1v) is 14.9. The van der Waals surface area contributed by atoms with Gasteiger partial charge in [0.05, 0.1) is 5.69 Å². The molecule has 0 unspecified atom stereocenters. The van der Waals surface area contributed by atoms with Crippen LogP contribution < -0.4 is 4.90 Å². The van der Waals surface area contributed by atoms with E-state index < -0.39 is 0 Å². The summed E-state index contributed by atoms with van der Waals surface area (Å²) in [5, 5.41) is 3.54. The number of benzene rings is 7. The van der Waals surface area contributed by atoms with Gasteiger partial charge in [-0.3, -0.25) is 0 Å². The number of hydrogen-bond donors (Lipinski definition) is 0. The number of nitrogens with zero attached hydrogens (tertiary/aromatic N) is 1. The summed E-state index contributed by atoms with van der Waals surface area (Å²) in [6.45, 7) is 0. The van der Waals surface area contributed by atoms with Crippen molar-refractivity contribution in [2.45, 2.75) is 0 Å². The molecule has 0 radical (unpaired) electrons. The molecular formula is C42H29NO. The van der Waals surface area contributed by atoms with E-state index in [2.05, 4.69) is 169 Å². The van der Waals surface area contributed by atoms with Crippen LogP contribution in [0.3, 0.4) is 0 Å². The van der Waals surface area contributed by atoms with Gasteiger partial charge in [-0.15, -0.1) is 0 Å². The van der Waals surface area contributed by atoms with Crippen LogP contribution in [0.25, 0.3) is 55.3 Å². The molecule has 0 atom stereocenters. The molecule has 7 aromatic carbocycles. The van der Waals surface area contributed by atoms with Gasteiger partial charge in [-0.05, 0) is 76.2 Å². The van der Waals surface area contributed by atoms with E-state index in [9.17, 15) is 0 Å². The van der Waals surface area contributed by atoms with Crippen molar-refractivity contribution < 1.29 is 4.42 Å². The second kappa shape index (κ2) is 11.1. The topological polar surface area (TPSA) is 16.4 Å². The summed E-state index contributed by atoms with van der Waals surface area (Å²) in [6.07, 6.45) is 0. The summed E-state index contributed by atoms with van der Waals surface area (Å²) in [4.78, 5) is 2.34. The highest BCUT2D eigenvalue weighted by Crippen LogP contribution is 2.41. The molecule has 1 aromatic heterocycles. The van der Waals surface area contributed by atoms with E-state index in [4.69, 9.17) is 4.42 Å². The Morgan fingerprint density at radius 2 is 1.02 bits per heavy atom. The van der Waals surface area contributed by atoms with E-state index in [1.165, 1.54) is 16.3 Å². The van der Waals surface area contributed by atoms with E-state index in [-0.39, 0.29) is 0 Å². The van der Waals surface area contributed by atoms with E-state index in [1.807, 2.05) is 12.1 Å². The van der Waals surface area contributed by atoms with E-state index in [1.54, 1.807) is 0 Å². The van der Waals surface area contributed by atoms with Crippen LogP contribution in [0, 0.1) is 0 Å². The van der Waals surface area contributed by atoms with Crippen molar-refractivity contribution in [1.82, 2.24) is 0 Å². The number of para-hydroxylation sites is 2. The van der Waals surface area contributed by atoms with Crippen LogP contribution in [0.1, 0.15) is 0 Å². The van der Waals surface area contributed by atoms with Crippen molar-refractivity contribution in [3.8, 4) is 33.6 Å². The zero-order valence-electron chi connectivity index (χ0n) is 24.1. The van der Waals surface area contributed by atoms with Crippen molar-refractivity contribution in [1.29, 1.82) is 0 Å². The van der Waals surface area contributed by atoms with E-state index in [0.29, 0.717) is 0 Å². The molecule has 0 saturated carbocycles. The molecule has 0 aliphatic rings. The summed E-state index contributed by atoms with van der Waals surface area (Å²) in [7, 11) is 0. The van der Waals surface area contributed by atoms with Crippen LogP contribution >= 0.6 is 0 Å². The third-order valence-corrected chi connectivity index (χ3v) is 8.28. The number of anilines is 3. The quantitative estimate of drug-likeness (QED) is 0.200. The maximum Gasteiger partial charge on any atom is 0.136 e. The highest BCUT2D eigenvalue weighted by atomic mass is 16.3.